The first kappa shape index (κ1) is 39.0. The number of ether oxygens (including phenoxy) is 2. The lowest BCUT2D eigenvalue weighted by atomic mass is 9.93. The second-order valence-electron chi connectivity index (χ2n) is 12.6. The van der Waals surface area contributed by atoms with Gasteiger partial charge in [0.25, 0.3) is 15.9 Å². The van der Waals surface area contributed by atoms with Gasteiger partial charge < -0.3 is 23.8 Å². The highest BCUT2D eigenvalue weighted by atomic mass is 35.5. The van der Waals surface area contributed by atoms with Crippen LogP contribution in [0.4, 0.5) is 4.79 Å². The molecule has 14 nitrogen and oxygen atoms in total. The van der Waals surface area contributed by atoms with Crippen LogP contribution in [-0.4, -0.2) is 105 Å². The van der Waals surface area contributed by atoms with Crippen LogP contribution in [0, 0.1) is 13.8 Å². The van der Waals surface area contributed by atoms with Crippen molar-refractivity contribution in [1.82, 2.24) is 24.3 Å². The number of amides is 3. The van der Waals surface area contributed by atoms with E-state index in [1.165, 1.54) is 33.4 Å². The zero-order chi connectivity index (χ0) is 38.9. The summed E-state index contributed by atoms with van der Waals surface area (Å²) in [5.74, 6) is 0.613. The van der Waals surface area contributed by atoms with Crippen molar-refractivity contribution in [1.29, 1.82) is 0 Å². The summed E-state index contributed by atoms with van der Waals surface area (Å²) in [6, 6.07) is 15.3. The second kappa shape index (κ2) is 16.0. The number of benzene rings is 3. The average Bonchev–Trinajstić information content (AvgIpc) is 3.73. The monoisotopic (exact) mass is 798 g/mol. The number of hydrogen-bond acceptors (Lipinski definition) is 10. The first-order valence-electron chi connectivity index (χ1n) is 17.1. The predicted octanol–water partition coefficient (Wildman–Crippen LogP) is 6.31. The summed E-state index contributed by atoms with van der Waals surface area (Å²) in [4.78, 5) is 43.5. The number of methoxy groups -OCH3 is 1. The highest BCUT2D eigenvalue weighted by Crippen LogP contribution is 2.46. The van der Waals surface area contributed by atoms with Gasteiger partial charge in [-0.25, -0.2) is 13.2 Å². The van der Waals surface area contributed by atoms with Crippen LogP contribution in [-0.2, 0) is 14.9 Å². The van der Waals surface area contributed by atoms with Gasteiger partial charge in [0.1, 0.15) is 39.6 Å². The molecule has 286 valence electrons. The molecule has 1 aromatic heterocycles. The van der Waals surface area contributed by atoms with Gasteiger partial charge in [0, 0.05) is 49.3 Å². The number of hydroxylamine groups is 1. The number of nitrogens with zero attached hydrogens (tertiary/aromatic N) is 6. The molecule has 1 fully saturated rings. The number of carbonyl (C=O) groups excluding carboxylic acids is 2. The number of aryl methyl sites for hydroxylation is 2. The zero-order valence-electron chi connectivity index (χ0n) is 30.6. The van der Waals surface area contributed by atoms with E-state index in [2.05, 4.69) is 5.16 Å². The average molecular weight is 800 g/mol. The Morgan fingerprint density at radius 1 is 0.907 bits per heavy atom. The molecule has 0 spiro atoms. The maximum absolute atomic E-state index is 15.1. The van der Waals surface area contributed by atoms with E-state index in [4.69, 9.17) is 47.0 Å². The normalized spacial score (nSPS) is 17.6. The van der Waals surface area contributed by atoms with E-state index in [-0.39, 0.29) is 66.5 Å². The first-order valence-corrected chi connectivity index (χ1v) is 19.3. The number of urea groups is 1. The molecular weight excluding hydrogens is 759 g/mol. The molecule has 4 aromatic rings. The molecule has 6 rings (SSSR count). The molecule has 0 bridgehead atoms. The molecule has 3 aromatic carbocycles. The molecule has 2 atom stereocenters. The smallest absolute Gasteiger partial charge is 0.326 e. The molecule has 0 saturated carbocycles. The van der Waals surface area contributed by atoms with E-state index in [9.17, 15) is 13.2 Å². The largest absolute Gasteiger partial charge is 0.495 e. The number of amidine groups is 1. The van der Waals surface area contributed by atoms with Crippen LogP contribution in [0.15, 0.2) is 75.1 Å². The molecular formula is C37H40Cl2N6O8S. The minimum Gasteiger partial charge on any atom is -0.495 e. The highest BCUT2D eigenvalue weighted by molar-refractivity contribution is 7.89. The molecule has 3 heterocycles. The summed E-state index contributed by atoms with van der Waals surface area (Å²) >= 11 is 12.6. The molecule has 0 aliphatic carbocycles. The van der Waals surface area contributed by atoms with Gasteiger partial charge >= 0.3 is 6.03 Å². The summed E-state index contributed by atoms with van der Waals surface area (Å²) in [5.41, 5.74) is 2.61. The number of piperazine rings is 1. The number of aliphatic imine (C=N–C) groups is 1. The van der Waals surface area contributed by atoms with Gasteiger partial charge in [-0.15, -0.1) is 0 Å². The van der Waals surface area contributed by atoms with Crippen LogP contribution < -0.4 is 9.47 Å². The van der Waals surface area contributed by atoms with Gasteiger partial charge in [-0.3, -0.25) is 19.5 Å². The van der Waals surface area contributed by atoms with Crippen LogP contribution in [0.3, 0.4) is 0 Å². The number of sulfonamides is 1. The number of aromatic nitrogens is 1. The molecule has 1 saturated heterocycles. The van der Waals surface area contributed by atoms with E-state index >= 15 is 4.79 Å². The van der Waals surface area contributed by atoms with Crippen LogP contribution >= 0.6 is 23.2 Å². The molecule has 0 radical (unpaired) electrons. The Morgan fingerprint density at radius 3 is 2.04 bits per heavy atom. The molecule has 54 heavy (non-hydrogen) atoms. The quantitative estimate of drug-likeness (QED) is 0.169. The Labute approximate surface area is 323 Å². The van der Waals surface area contributed by atoms with Crippen molar-refractivity contribution in [2.75, 3.05) is 54.1 Å². The lowest BCUT2D eigenvalue weighted by Crippen LogP contribution is -2.55. The maximum atomic E-state index is 15.1. The summed E-state index contributed by atoms with van der Waals surface area (Å²) in [6.45, 7) is 6.31. The van der Waals surface area contributed by atoms with Gasteiger partial charge in [0.15, 0.2) is 0 Å². The van der Waals surface area contributed by atoms with E-state index in [1.54, 1.807) is 59.7 Å². The SMILES string of the molecule is CCOc1cc(OC)c(S(=O)(=O)N(C)OC)cc1C1=N[C@@H](c2ccc(Cl)cc2)[C@@H](c2ccc(Cl)cc2)N1C(=O)N1CCN(C(=O)c2c(C)noc2C)CC1. The Bertz CT molecular complexity index is 2150. The summed E-state index contributed by atoms with van der Waals surface area (Å²) in [6.07, 6.45) is 0. The number of hydrogen-bond donors (Lipinski definition) is 0. The van der Waals surface area contributed by atoms with E-state index in [0.717, 1.165) is 11.1 Å². The Hall–Kier alpha value is -4.67. The fraction of sp³-hybridized carbons (Fsp3) is 0.351. The van der Waals surface area contributed by atoms with Gasteiger partial charge in [-0.05, 0) is 62.2 Å². The van der Waals surface area contributed by atoms with Gasteiger partial charge in [0.05, 0.1) is 38.1 Å². The van der Waals surface area contributed by atoms with Crippen molar-refractivity contribution in [3.63, 3.8) is 0 Å². The topological polar surface area (TPSA) is 147 Å². The standard InChI is InChI=1S/C37H40Cl2N6O8S/c1-7-52-29-21-30(50-5)31(54(48,49)42(4)51-6)20-28(29)35-40-33(24-8-12-26(38)13-9-24)34(25-10-14-27(39)15-11-25)45(35)37(47)44-18-16-43(17-19-44)36(46)32-22(2)41-53-23(32)3/h8-15,20-21,33-34H,7,16-19H2,1-6H3/t33-,34+/m0/s1. The Morgan fingerprint density at radius 2 is 1.50 bits per heavy atom. The lowest BCUT2D eigenvalue weighted by Gasteiger charge is -2.39. The highest BCUT2D eigenvalue weighted by Gasteiger charge is 2.46. The van der Waals surface area contributed by atoms with Gasteiger partial charge in [-0.2, -0.15) is 0 Å². The third kappa shape index (κ3) is 7.38. The molecule has 17 heteroatoms. The number of rotatable bonds is 10. The zero-order valence-corrected chi connectivity index (χ0v) is 32.9. The van der Waals surface area contributed by atoms with Crippen molar-refractivity contribution < 1.29 is 36.8 Å². The summed E-state index contributed by atoms with van der Waals surface area (Å²) < 4.78 is 45.1. The fourth-order valence-electron chi connectivity index (χ4n) is 6.64. The number of halogens is 2. The summed E-state index contributed by atoms with van der Waals surface area (Å²) in [5, 5.41) is 4.95. The second-order valence-corrected chi connectivity index (χ2v) is 15.4. The first-order chi connectivity index (χ1) is 25.8. The van der Waals surface area contributed by atoms with Crippen LogP contribution in [0.2, 0.25) is 10.0 Å². The molecule has 0 unspecified atom stereocenters. The molecule has 3 amide bonds. The third-order valence-corrected chi connectivity index (χ3v) is 11.7. The predicted molar refractivity (Wildman–Crippen MR) is 202 cm³/mol. The van der Waals surface area contributed by atoms with Crippen LogP contribution in [0.1, 0.15) is 57.5 Å². The minimum atomic E-state index is -4.27. The third-order valence-electron chi connectivity index (χ3n) is 9.46. The fourth-order valence-corrected chi connectivity index (χ4v) is 8.03. The van der Waals surface area contributed by atoms with E-state index in [0.29, 0.717) is 31.5 Å². The van der Waals surface area contributed by atoms with Crippen molar-refractivity contribution in [2.24, 2.45) is 4.99 Å². The van der Waals surface area contributed by atoms with Gasteiger partial charge in [0.2, 0.25) is 0 Å². The molecule has 2 aliphatic heterocycles. The van der Waals surface area contributed by atoms with E-state index < -0.39 is 28.1 Å². The molecule has 0 N–H and O–H groups in total. The van der Waals surface area contributed by atoms with E-state index in [1.807, 2.05) is 24.3 Å². The Balaban J connectivity index is 1.50. The lowest BCUT2D eigenvalue weighted by molar-refractivity contribution is -0.0259. The van der Waals surface area contributed by atoms with Gasteiger partial charge in [-0.1, -0.05) is 57.1 Å². The van der Waals surface area contributed by atoms with Crippen molar-refractivity contribution in [3.8, 4) is 11.5 Å². The minimum absolute atomic E-state index is 0.00478. The molecule has 2 aliphatic rings. The van der Waals surface area contributed by atoms with Crippen molar-refractivity contribution in [3.05, 3.63) is 104 Å². The number of carbonyl (C=O) groups is 2. The maximum Gasteiger partial charge on any atom is 0.326 e. The Kier molecular flexibility index (Phi) is 11.5. The van der Waals surface area contributed by atoms with Crippen molar-refractivity contribution in [2.45, 2.75) is 37.8 Å². The van der Waals surface area contributed by atoms with Crippen molar-refractivity contribution >= 4 is 51.0 Å². The van der Waals surface area contributed by atoms with Crippen LogP contribution in [0.5, 0.6) is 11.5 Å². The van der Waals surface area contributed by atoms with Crippen LogP contribution in [0.25, 0.3) is 0 Å². The summed E-state index contributed by atoms with van der Waals surface area (Å²) in [7, 11) is -0.427.